The maximum Gasteiger partial charge on any atom is 0.159 e. The number of benzene rings is 2. The molecule has 0 radical (unpaired) electrons. The number of aliphatic hydroxyl groups excluding tert-OH is 1. The number of aromatic nitrogens is 2. The molecule has 3 rings (SSSR count). The SMILES string of the molecule is OC(CNc1cc(-c2ccc(F)c(F)c2)ncn1)c1ccccc1. The zero-order valence-corrected chi connectivity index (χ0v) is 12.7. The fraction of sp³-hybridized carbons (Fsp3) is 0.111. The summed E-state index contributed by atoms with van der Waals surface area (Å²) in [7, 11) is 0. The Labute approximate surface area is 137 Å². The minimum Gasteiger partial charge on any atom is -0.387 e. The number of aliphatic hydroxyl groups is 1. The Hall–Kier alpha value is -2.86. The Morgan fingerprint density at radius 1 is 0.958 bits per heavy atom. The fourth-order valence-electron chi connectivity index (χ4n) is 2.26. The Bertz CT molecular complexity index is 828. The van der Waals surface area contributed by atoms with Crippen molar-refractivity contribution in [2.75, 3.05) is 11.9 Å². The van der Waals surface area contributed by atoms with Gasteiger partial charge in [-0.15, -0.1) is 0 Å². The molecule has 0 aliphatic carbocycles. The zero-order valence-electron chi connectivity index (χ0n) is 12.7. The van der Waals surface area contributed by atoms with Gasteiger partial charge in [-0.25, -0.2) is 18.7 Å². The second-order valence-corrected chi connectivity index (χ2v) is 5.22. The van der Waals surface area contributed by atoms with Crippen LogP contribution in [0.5, 0.6) is 0 Å². The number of nitrogens with zero attached hydrogens (tertiary/aromatic N) is 2. The molecule has 0 saturated heterocycles. The van der Waals surface area contributed by atoms with E-state index in [1.165, 1.54) is 12.4 Å². The highest BCUT2D eigenvalue weighted by atomic mass is 19.2. The van der Waals surface area contributed by atoms with Crippen molar-refractivity contribution in [2.45, 2.75) is 6.10 Å². The number of hydrogen-bond donors (Lipinski definition) is 2. The highest BCUT2D eigenvalue weighted by molar-refractivity contribution is 5.62. The van der Waals surface area contributed by atoms with Gasteiger partial charge in [-0.05, 0) is 23.8 Å². The maximum atomic E-state index is 13.3. The van der Waals surface area contributed by atoms with Crippen molar-refractivity contribution >= 4 is 5.82 Å². The van der Waals surface area contributed by atoms with Crippen molar-refractivity contribution < 1.29 is 13.9 Å². The zero-order chi connectivity index (χ0) is 16.9. The van der Waals surface area contributed by atoms with Crippen LogP contribution in [0.2, 0.25) is 0 Å². The summed E-state index contributed by atoms with van der Waals surface area (Å²) < 4.78 is 26.4. The standard InChI is InChI=1S/C18H15F2N3O/c19-14-7-6-13(8-15(14)20)16-9-18(23-11-22-16)21-10-17(24)12-4-2-1-3-5-12/h1-9,11,17,24H,10H2,(H,21,22,23). The molecule has 0 saturated carbocycles. The van der Waals surface area contributed by atoms with Crippen LogP contribution in [0, 0.1) is 11.6 Å². The van der Waals surface area contributed by atoms with Gasteiger partial charge in [-0.3, -0.25) is 0 Å². The van der Waals surface area contributed by atoms with Crippen LogP contribution in [0.15, 0.2) is 60.9 Å². The molecule has 0 aliphatic heterocycles. The minimum absolute atomic E-state index is 0.262. The van der Waals surface area contributed by atoms with Gasteiger partial charge < -0.3 is 10.4 Å². The third-order valence-electron chi connectivity index (χ3n) is 3.54. The van der Waals surface area contributed by atoms with Crippen molar-refractivity contribution in [1.82, 2.24) is 9.97 Å². The van der Waals surface area contributed by atoms with Crippen LogP contribution >= 0.6 is 0 Å². The lowest BCUT2D eigenvalue weighted by Crippen LogP contribution is -2.13. The van der Waals surface area contributed by atoms with Crippen molar-refractivity contribution in [1.29, 1.82) is 0 Å². The van der Waals surface area contributed by atoms with E-state index < -0.39 is 17.7 Å². The molecule has 0 bridgehead atoms. The van der Waals surface area contributed by atoms with E-state index in [1.807, 2.05) is 30.3 Å². The molecule has 0 amide bonds. The predicted molar refractivity (Wildman–Crippen MR) is 87.3 cm³/mol. The monoisotopic (exact) mass is 327 g/mol. The summed E-state index contributed by atoms with van der Waals surface area (Å²) in [6.45, 7) is 0.262. The van der Waals surface area contributed by atoms with E-state index in [9.17, 15) is 13.9 Å². The highest BCUT2D eigenvalue weighted by Gasteiger charge is 2.09. The summed E-state index contributed by atoms with van der Waals surface area (Å²) in [4.78, 5) is 8.13. The molecule has 1 aromatic heterocycles. The van der Waals surface area contributed by atoms with Gasteiger partial charge in [0, 0.05) is 18.2 Å². The van der Waals surface area contributed by atoms with E-state index >= 15 is 0 Å². The highest BCUT2D eigenvalue weighted by Crippen LogP contribution is 2.21. The first-order valence-electron chi connectivity index (χ1n) is 7.38. The molecule has 4 nitrogen and oxygen atoms in total. The predicted octanol–water partition coefficient (Wildman–Crippen LogP) is 3.57. The molecule has 0 aliphatic rings. The minimum atomic E-state index is -0.930. The first kappa shape index (κ1) is 16.0. The second-order valence-electron chi connectivity index (χ2n) is 5.22. The van der Waals surface area contributed by atoms with Crippen molar-refractivity contribution in [3.63, 3.8) is 0 Å². The van der Waals surface area contributed by atoms with Gasteiger partial charge in [-0.2, -0.15) is 0 Å². The quantitative estimate of drug-likeness (QED) is 0.752. The second kappa shape index (κ2) is 7.14. The van der Waals surface area contributed by atoms with Crippen LogP contribution in [0.3, 0.4) is 0 Å². The summed E-state index contributed by atoms with van der Waals surface area (Å²) in [6.07, 6.45) is 0.640. The van der Waals surface area contributed by atoms with Gasteiger partial charge in [0.25, 0.3) is 0 Å². The lowest BCUT2D eigenvalue weighted by Gasteiger charge is -2.13. The third kappa shape index (κ3) is 3.72. The van der Waals surface area contributed by atoms with Crippen molar-refractivity contribution in [3.05, 3.63) is 78.1 Å². The Morgan fingerprint density at radius 3 is 2.50 bits per heavy atom. The van der Waals surface area contributed by atoms with E-state index in [0.29, 0.717) is 17.1 Å². The number of nitrogens with one attached hydrogen (secondary N) is 1. The first-order chi connectivity index (χ1) is 11.6. The molecule has 2 aromatic carbocycles. The van der Waals surface area contributed by atoms with Crippen LogP contribution in [-0.2, 0) is 0 Å². The van der Waals surface area contributed by atoms with Gasteiger partial charge in [0.05, 0.1) is 11.8 Å². The van der Waals surface area contributed by atoms with Crippen LogP contribution in [0.4, 0.5) is 14.6 Å². The molecule has 1 unspecified atom stereocenters. The summed E-state index contributed by atoms with van der Waals surface area (Å²) in [5.74, 6) is -1.35. The molecule has 6 heteroatoms. The molecular formula is C18H15F2N3O. The molecular weight excluding hydrogens is 312 g/mol. The number of rotatable bonds is 5. The topological polar surface area (TPSA) is 58.0 Å². The lowest BCUT2D eigenvalue weighted by molar-refractivity contribution is 0.191. The molecule has 24 heavy (non-hydrogen) atoms. The molecule has 0 fully saturated rings. The van der Waals surface area contributed by atoms with Crippen molar-refractivity contribution in [2.24, 2.45) is 0 Å². The third-order valence-corrected chi connectivity index (χ3v) is 3.54. The lowest BCUT2D eigenvalue weighted by atomic mass is 10.1. The first-order valence-corrected chi connectivity index (χ1v) is 7.38. The van der Waals surface area contributed by atoms with Crippen LogP contribution < -0.4 is 5.32 Å². The summed E-state index contributed by atoms with van der Waals surface area (Å²) in [5.41, 5.74) is 1.70. The smallest absolute Gasteiger partial charge is 0.159 e. The van der Waals surface area contributed by atoms with E-state index in [0.717, 1.165) is 17.7 Å². The molecule has 122 valence electrons. The van der Waals surface area contributed by atoms with Crippen molar-refractivity contribution in [3.8, 4) is 11.3 Å². The molecule has 1 atom stereocenters. The number of anilines is 1. The average molecular weight is 327 g/mol. The summed E-state index contributed by atoms with van der Waals surface area (Å²) in [5, 5.41) is 13.1. The molecule has 3 aromatic rings. The van der Waals surface area contributed by atoms with E-state index in [2.05, 4.69) is 15.3 Å². The van der Waals surface area contributed by atoms with Gasteiger partial charge in [-0.1, -0.05) is 30.3 Å². The molecule has 1 heterocycles. The summed E-state index contributed by atoms with van der Waals surface area (Å²) >= 11 is 0. The largest absolute Gasteiger partial charge is 0.387 e. The van der Waals surface area contributed by atoms with E-state index in [-0.39, 0.29) is 6.54 Å². The molecule has 0 spiro atoms. The van der Waals surface area contributed by atoms with E-state index in [1.54, 1.807) is 6.07 Å². The fourth-order valence-corrected chi connectivity index (χ4v) is 2.26. The number of halogens is 2. The Morgan fingerprint density at radius 2 is 1.75 bits per heavy atom. The normalized spacial score (nSPS) is 12.0. The van der Waals surface area contributed by atoms with Gasteiger partial charge in [0.15, 0.2) is 11.6 Å². The average Bonchev–Trinajstić information content (AvgIpc) is 2.63. The Kier molecular flexibility index (Phi) is 4.77. The van der Waals surface area contributed by atoms with Crippen LogP contribution in [0.25, 0.3) is 11.3 Å². The van der Waals surface area contributed by atoms with Gasteiger partial charge in [0.1, 0.15) is 12.1 Å². The van der Waals surface area contributed by atoms with Crippen LogP contribution in [0.1, 0.15) is 11.7 Å². The maximum absolute atomic E-state index is 13.3. The van der Waals surface area contributed by atoms with E-state index in [4.69, 9.17) is 0 Å². The van der Waals surface area contributed by atoms with Gasteiger partial charge >= 0.3 is 0 Å². The number of hydrogen-bond acceptors (Lipinski definition) is 4. The summed E-state index contributed by atoms with van der Waals surface area (Å²) in [6, 6.07) is 14.4. The Balaban J connectivity index is 1.72. The van der Waals surface area contributed by atoms with Gasteiger partial charge in [0.2, 0.25) is 0 Å². The van der Waals surface area contributed by atoms with Crippen LogP contribution in [-0.4, -0.2) is 21.6 Å². The molecule has 2 N–H and O–H groups in total.